The van der Waals surface area contributed by atoms with Gasteiger partial charge in [-0.1, -0.05) is 12.2 Å². The molecule has 144 valence electrons. The molecular formula is C18H24FO6P. The number of carbonyl (C=O) groups is 1. The molecule has 6 nitrogen and oxygen atoms in total. The van der Waals surface area contributed by atoms with Crippen LogP contribution in [0.15, 0.2) is 42.5 Å². The molecule has 1 rings (SSSR count). The summed E-state index contributed by atoms with van der Waals surface area (Å²) < 4.78 is 40.2. The molecule has 26 heavy (non-hydrogen) atoms. The molecule has 0 heterocycles. The number of hydrogen-bond acceptors (Lipinski definition) is 6. The lowest BCUT2D eigenvalue weighted by Gasteiger charge is -2.14. The first-order chi connectivity index (χ1) is 12.4. The number of benzene rings is 1. The molecule has 8 heteroatoms. The van der Waals surface area contributed by atoms with Crippen molar-refractivity contribution in [1.82, 2.24) is 0 Å². The van der Waals surface area contributed by atoms with Gasteiger partial charge in [0.15, 0.2) is 12.5 Å². The van der Waals surface area contributed by atoms with Gasteiger partial charge in [-0.15, -0.1) is 0 Å². The lowest BCUT2D eigenvalue weighted by Crippen LogP contribution is -1.99. The van der Waals surface area contributed by atoms with E-state index in [2.05, 4.69) is 0 Å². The third-order valence-corrected chi connectivity index (χ3v) is 5.03. The Bertz CT molecular complexity index is 659. The molecule has 0 atom stereocenters. The van der Waals surface area contributed by atoms with E-state index in [-0.39, 0.29) is 18.5 Å². The van der Waals surface area contributed by atoms with Gasteiger partial charge >= 0.3 is 7.60 Å². The minimum atomic E-state index is -3.09. The van der Waals surface area contributed by atoms with Crippen LogP contribution in [0.1, 0.15) is 19.4 Å². The van der Waals surface area contributed by atoms with E-state index in [0.717, 1.165) is 6.08 Å². The van der Waals surface area contributed by atoms with Crippen LogP contribution < -0.4 is 4.74 Å². The Labute approximate surface area is 152 Å². The number of ether oxygens (including phenoxy) is 1. The van der Waals surface area contributed by atoms with Crippen molar-refractivity contribution >= 4 is 19.1 Å². The first-order valence-corrected chi connectivity index (χ1v) is 9.92. The van der Waals surface area contributed by atoms with Crippen molar-refractivity contribution in [3.63, 3.8) is 0 Å². The van der Waals surface area contributed by atoms with Crippen molar-refractivity contribution in [3.05, 3.63) is 48.1 Å². The molecule has 0 saturated carbocycles. The van der Waals surface area contributed by atoms with Crippen LogP contribution >= 0.6 is 7.60 Å². The Morgan fingerprint density at radius 3 is 2.31 bits per heavy atom. The third-order valence-electron chi connectivity index (χ3n) is 3.07. The highest BCUT2D eigenvalue weighted by molar-refractivity contribution is 7.54. The molecule has 0 saturated heterocycles. The van der Waals surface area contributed by atoms with Crippen molar-refractivity contribution < 1.29 is 32.6 Å². The molecule has 0 fully saturated rings. The summed E-state index contributed by atoms with van der Waals surface area (Å²) in [5.74, 6) is -0.563. The number of hydrogen-bond donors (Lipinski definition) is 1. The summed E-state index contributed by atoms with van der Waals surface area (Å²) in [6, 6.07) is 6.32. The van der Waals surface area contributed by atoms with Crippen molar-refractivity contribution in [3.8, 4) is 5.75 Å². The van der Waals surface area contributed by atoms with Crippen LogP contribution in [-0.2, 0) is 18.4 Å². The summed E-state index contributed by atoms with van der Waals surface area (Å²) in [5, 5.41) is 9.69. The lowest BCUT2D eigenvalue weighted by atomic mass is 10.1. The Morgan fingerprint density at radius 2 is 1.77 bits per heavy atom. The molecular weight excluding hydrogens is 362 g/mol. The highest BCUT2D eigenvalue weighted by Crippen LogP contribution is 2.47. The zero-order chi connectivity index (χ0) is 19.4. The van der Waals surface area contributed by atoms with Gasteiger partial charge in [-0.05, 0) is 38.1 Å². The maximum absolute atomic E-state index is 12.2. The average molecular weight is 386 g/mol. The Hall–Kier alpha value is -1.95. The van der Waals surface area contributed by atoms with Crippen LogP contribution in [0.2, 0.25) is 0 Å². The van der Waals surface area contributed by atoms with E-state index < -0.39 is 20.1 Å². The standard InChI is InChI=1S/C18H24FO6P/c1-3-24-26(22,25-4-2)12-6-5-11-23-17-9-7-15(8-10-17)18(21)13-16(20)14-19/h5-10,13,21H,3-4,11-12,14H2,1-2H3/b6-5+,18-13?. The minimum Gasteiger partial charge on any atom is -0.507 e. The summed E-state index contributed by atoms with van der Waals surface area (Å²) in [6.07, 6.45) is 4.39. The number of carbonyl (C=O) groups excluding carboxylic acids is 1. The number of rotatable bonds is 12. The summed E-state index contributed by atoms with van der Waals surface area (Å²) >= 11 is 0. The molecule has 1 aromatic rings. The smallest absolute Gasteiger partial charge is 0.334 e. The zero-order valence-corrected chi connectivity index (χ0v) is 15.8. The largest absolute Gasteiger partial charge is 0.507 e. The molecule has 0 amide bonds. The van der Waals surface area contributed by atoms with Gasteiger partial charge in [-0.3, -0.25) is 9.36 Å². The predicted molar refractivity (Wildman–Crippen MR) is 98.4 cm³/mol. The SMILES string of the molecule is CCOP(=O)(C/C=C/COc1ccc(C(O)=CC(=O)CF)cc1)OCC. The van der Waals surface area contributed by atoms with Crippen LogP contribution in [0.4, 0.5) is 4.39 Å². The molecule has 0 unspecified atom stereocenters. The molecule has 0 radical (unpaired) electrons. The van der Waals surface area contributed by atoms with E-state index in [1.807, 2.05) is 0 Å². The molecule has 0 aliphatic heterocycles. The van der Waals surface area contributed by atoms with Crippen LogP contribution in [0.5, 0.6) is 5.75 Å². The van der Waals surface area contributed by atoms with Gasteiger partial charge < -0.3 is 18.9 Å². The maximum Gasteiger partial charge on any atom is 0.334 e. The molecule has 1 aromatic carbocycles. The van der Waals surface area contributed by atoms with Gasteiger partial charge in [0.2, 0.25) is 0 Å². The van der Waals surface area contributed by atoms with E-state index >= 15 is 0 Å². The molecule has 1 N–H and O–H groups in total. The zero-order valence-electron chi connectivity index (χ0n) is 14.9. The fraction of sp³-hybridized carbons (Fsp3) is 0.389. The first-order valence-electron chi connectivity index (χ1n) is 8.20. The van der Waals surface area contributed by atoms with Gasteiger partial charge in [0, 0.05) is 11.6 Å². The van der Waals surface area contributed by atoms with Gasteiger partial charge in [-0.2, -0.15) is 0 Å². The highest BCUT2D eigenvalue weighted by Gasteiger charge is 2.20. The maximum atomic E-state index is 12.2. The fourth-order valence-corrected chi connectivity index (χ4v) is 3.43. The second kappa shape index (κ2) is 11.6. The highest BCUT2D eigenvalue weighted by atomic mass is 31.2. The quantitative estimate of drug-likeness (QED) is 0.249. The fourth-order valence-electron chi connectivity index (χ4n) is 1.95. The third kappa shape index (κ3) is 7.95. The predicted octanol–water partition coefficient (Wildman–Crippen LogP) is 4.33. The van der Waals surface area contributed by atoms with Crippen molar-refractivity contribution in [1.29, 1.82) is 0 Å². The Morgan fingerprint density at radius 1 is 1.15 bits per heavy atom. The van der Waals surface area contributed by atoms with E-state index in [9.17, 15) is 18.9 Å². The van der Waals surface area contributed by atoms with E-state index in [1.54, 1.807) is 50.3 Å². The van der Waals surface area contributed by atoms with Gasteiger partial charge in [0.1, 0.15) is 18.1 Å². The van der Waals surface area contributed by atoms with Crippen LogP contribution in [0.3, 0.4) is 0 Å². The van der Waals surface area contributed by atoms with Crippen LogP contribution in [0.25, 0.3) is 5.76 Å². The van der Waals surface area contributed by atoms with Gasteiger partial charge in [-0.25, -0.2) is 4.39 Å². The molecule has 0 aromatic heterocycles. The summed E-state index contributed by atoms with van der Waals surface area (Å²) in [4.78, 5) is 10.9. The monoisotopic (exact) mass is 386 g/mol. The number of halogens is 1. The lowest BCUT2D eigenvalue weighted by molar-refractivity contribution is -0.115. The van der Waals surface area contributed by atoms with Crippen molar-refractivity contribution in [2.45, 2.75) is 13.8 Å². The van der Waals surface area contributed by atoms with Crippen molar-refractivity contribution in [2.75, 3.05) is 32.7 Å². The van der Waals surface area contributed by atoms with Gasteiger partial charge in [0.05, 0.1) is 19.4 Å². The topological polar surface area (TPSA) is 82.1 Å². The summed E-state index contributed by atoms with van der Waals surface area (Å²) in [6.45, 7) is 3.22. The first kappa shape index (κ1) is 22.1. The molecule has 0 bridgehead atoms. The van der Waals surface area contributed by atoms with Gasteiger partial charge in [0.25, 0.3) is 0 Å². The van der Waals surface area contributed by atoms with E-state index in [0.29, 0.717) is 24.5 Å². The Balaban J connectivity index is 2.52. The van der Waals surface area contributed by atoms with E-state index in [4.69, 9.17) is 13.8 Å². The summed E-state index contributed by atoms with van der Waals surface area (Å²) in [7, 11) is -3.09. The number of ketones is 1. The number of allylic oxidation sites excluding steroid dienone is 2. The molecule has 0 aliphatic rings. The number of alkyl halides is 1. The Kier molecular flexibility index (Phi) is 9.88. The van der Waals surface area contributed by atoms with Crippen molar-refractivity contribution in [2.24, 2.45) is 0 Å². The average Bonchev–Trinajstić information content (AvgIpc) is 2.62. The summed E-state index contributed by atoms with van der Waals surface area (Å²) in [5.41, 5.74) is 0.379. The normalized spacial score (nSPS) is 12.5. The molecule has 0 spiro atoms. The van der Waals surface area contributed by atoms with E-state index in [1.165, 1.54) is 0 Å². The second-order valence-corrected chi connectivity index (χ2v) is 7.17. The van der Waals surface area contributed by atoms with Crippen LogP contribution in [0, 0.1) is 0 Å². The number of aliphatic hydroxyl groups is 1. The minimum absolute atomic E-state index is 0.165. The second-order valence-electron chi connectivity index (χ2n) is 5.07. The molecule has 0 aliphatic carbocycles. The van der Waals surface area contributed by atoms with Crippen LogP contribution in [-0.4, -0.2) is 43.5 Å². The number of aliphatic hydroxyl groups excluding tert-OH is 1.